The largest absolute Gasteiger partial charge is 0.392 e. The van der Waals surface area contributed by atoms with E-state index in [1.54, 1.807) is 22.5 Å². The number of nitrogens with zero attached hydrogens (tertiary/aromatic N) is 2. The van der Waals surface area contributed by atoms with Gasteiger partial charge in [0, 0.05) is 30.1 Å². The Kier molecular flexibility index (Phi) is 5.43. The van der Waals surface area contributed by atoms with Crippen LogP contribution in [0, 0.1) is 0 Å². The van der Waals surface area contributed by atoms with Gasteiger partial charge in [0.25, 0.3) is 0 Å². The number of aliphatic hydroxyl groups is 1. The van der Waals surface area contributed by atoms with Gasteiger partial charge < -0.3 is 10.0 Å². The molecule has 21 heavy (non-hydrogen) atoms. The van der Waals surface area contributed by atoms with Crippen LogP contribution in [0.25, 0.3) is 0 Å². The summed E-state index contributed by atoms with van der Waals surface area (Å²) < 4.78 is 27.6. The summed E-state index contributed by atoms with van der Waals surface area (Å²) in [6.45, 7) is 3.73. The van der Waals surface area contributed by atoms with Crippen LogP contribution in [0.15, 0.2) is 27.6 Å². The maximum atomic E-state index is 12.8. The molecule has 5 nitrogen and oxygen atoms in total. The van der Waals surface area contributed by atoms with Crippen LogP contribution in [0.2, 0.25) is 0 Å². The highest BCUT2D eigenvalue weighted by molar-refractivity contribution is 9.10. The van der Waals surface area contributed by atoms with Crippen molar-refractivity contribution in [1.82, 2.24) is 9.21 Å². The van der Waals surface area contributed by atoms with Gasteiger partial charge in [-0.05, 0) is 47.1 Å². The fourth-order valence-electron chi connectivity index (χ4n) is 2.57. The van der Waals surface area contributed by atoms with Crippen molar-refractivity contribution in [3.05, 3.63) is 28.2 Å². The molecule has 7 heteroatoms. The first-order chi connectivity index (χ1) is 9.90. The molecule has 1 fully saturated rings. The minimum absolute atomic E-state index is 0.106. The standard InChI is InChI=1S/C14H21BrN2O3S/c1-3-12-9-17(7-6-16(12)2)21(19,20)14-5-4-11(10-18)8-13(14)15/h4-5,8,12,18H,3,6-7,9-10H2,1-2H3. The van der Waals surface area contributed by atoms with E-state index in [-0.39, 0.29) is 17.5 Å². The number of rotatable bonds is 4. The lowest BCUT2D eigenvalue weighted by Gasteiger charge is -2.38. The van der Waals surface area contributed by atoms with E-state index in [0.29, 0.717) is 23.1 Å². The van der Waals surface area contributed by atoms with Crippen molar-refractivity contribution >= 4 is 26.0 Å². The van der Waals surface area contributed by atoms with E-state index >= 15 is 0 Å². The molecule has 1 aliphatic heterocycles. The number of halogens is 1. The van der Waals surface area contributed by atoms with Crippen LogP contribution in [0.5, 0.6) is 0 Å². The Morgan fingerprint density at radius 2 is 2.10 bits per heavy atom. The second-order valence-corrected chi connectivity index (χ2v) is 8.09. The predicted molar refractivity (Wildman–Crippen MR) is 85.5 cm³/mol. The molecular weight excluding hydrogens is 356 g/mol. The Morgan fingerprint density at radius 3 is 2.67 bits per heavy atom. The summed E-state index contributed by atoms with van der Waals surface area (Å²) in [5, 5.41) is 9.11. The van der Waals surface area contributed by atoms with Gasteiger partial charge in [0.1, 0.15) is 0 Å². The fraction of sp³-hybridized carbons (Fsp3) is 0.571. The zero-order valence-electron chi connectivity index (χ0n) is 12.3. The maximum absolute atomic E-state index is 12.8. The van der Waals surface area contributed by atoms with Crippen molar-refractivity contribution in [2.24, 2.45) is 0 Å². The molecule has 0 radical (unpaired) electrons. The molecule has 0 bridgehead atoms. The Bertz CT molecular complexity index is 606. The average Bonchev–Trinajstić information content (AvgIpc) is 2.47. The minimum atomic E-state index is -3.51. The molecule has 1 aromatic rings. The lowest BCUT2D eigenvalue weighted by atomic mass is 10.1. The van der Waals surface area contributed by atoms with Gasteiger partial charge in [0.05, 0.1) is 11.5 Å². The monoisotopic (exact) mass is 376 g/mol. The Morgan fingerprint density at radius 1 is 1.38 bits per heavy atom. The summed E-state index contributed by atoms with van der Waals surface area (Å²) >= 11 is 3.31. The number of sulfonamides is 1. The number of piperazine rings is 1. The smallest absolute Gasteiger partial charge is 0.244 e. The van der Waals surface area contributed by atoms with E-state index in [4.69, 9.17) is 5.11 Å². The number of benzene rings is 1. The minimum Gasteiger partial charge on any atom is -0.392 e. The molecule has 118 valence electrons. The average molecular weight is 377 g/mol. The van der Waals surface area contributed by atoms with Crippen LogP contribution >= 0.6 is 15.9 Å². The Balaban J connectivity index is 2.30. The van der Waals surface area contributed by atoms with E-state index in [0.717, 1.165) is 13.0 Å². The molecule has 2 rings (SSSR count). The number of hydrogen-bond donors (Lipinski definition) is 1. The third-order valence-corrected chi connectivity index (χ3v) is 6.85. The summed E-state index contributed by atoms with van der Waals surface area (Å²) in [5.74, 6) is 0. The Hall–Kier alpha value is -0.470. The summed E-state index contributed by atoms with van der Waals surface area (Å²) in [4.78, 5) is 2.47. The van der Waals surface area contributed by atoms with Gasteiger partial charge in [-0.25, -0.2) is 8.42 Å². The molecule has 0 aliphatic carbocycles. The lowest BCUT2D eigenvalue weighted by Crippen LogP contribution is -2.52. The van der Waals surface area contributed by atoms with Gasteiger partial charge in [-0.1, -0.05) is 13.0 Å². The summed E-state index contributed by atoms with van der Waals surface area (Å²) in [6.07, 6.45) is 0.924. The molecule has 1 saturated heterocycles. The number of aliphatic hydroxyl groups excluding tert-OH is 1. The van der Waals surface area contributed by atoms with Crippen molar-refractivity contribution in [2.75, 3.05) is 26.7 Å². The van der Waals surface area contributed by atoms with E-state index in [9.17, 15) is 8.42 Å². The van der Waals surface area contributed by atoms with Crippen LogP contribution in [0.1, 0.15) is 18.9 Å². The first-order valence-electron chi connectivity index (χ1n) is 6.99. The van der Waals surface area contributed by atoms with Crippen molar-refractivity contribution < 1.29 is 13.5 Å². The summed E-state index contributed by atoms with van der Waals surface area (Å²) in [6, 6.07) is 5.11. The number of hydrogen-bond acceptors (Lipinski definition) is 4. The zero-order chi connectivity index (χ0) is 15.6. The van der Waals surface area contributed by atoms with Crippen LogP contribution < -0.4 is 0 Å². The molecule has 1 atom stereocenters. The summed E-state index contributed by atoms with van der Waals surface area (Å²) in [7, 11) is -1.47. The van der Waals surface area contributed by atoms with Crippen LogP contribution in [0.3, 0.4) is 0 Å². The molecule has 0 saturated carbocycles. The van der Waals surface area contributed by atoms with Crippen LogP contribution in [0.4, 0.5) is 0 Å². The molecule has 0 aromatic heterocycles. The van der Waals surface area contributed by atoms with Crippen molar-refractivity contribution in [2.45, 2.75) is 30.9 Å². The molecule has 1 unspecified atom stereocenters. The molecule has 0 spiro atoms. The molecule has 1 aliphatic rings. The predicted octanol–water partition coefficient (Wildman–Crippen LogP) is 1.66. The molecule has 1 aromatic carbocycles. The van der Waals surface area contributed by atoms with Crippen LogP contribution in [-0.4, -0.2) is 55.5 Å². The van der Waals surface area contributed by atoms with Gasteiger partial charge >= 0.3 is 0 Å². The van der Waals surface area contributed by atoms with Crippen LogP contribution in [-0.2, 0) is 16.6 Å². The summed E-state index contributed by atoms with van der Waals surface area (Å²) in [5.41, 5.74) is 0.686. The molecular formula is C14H21BrN2O3S. The van der Waals surface area contributed by atoms with Crippen molar-refractivity contribution in [3.8, 4) is 0 Å². The Labute approximate surface area is 134 Å². The molecule has 0 amide bonds. The normalized spacial score (nSPS) is 21.6. The fourth-order valence-corrected chi connectivity index (χ4v) is 5.12. The van der Waals surface area contributed by atoms with E-state index in [2.05, 4.69) is 27.8 Å². The third kappa shape index (κ3) is 3.48. The highest BCUT2D eigenvalue weighted by Gasteiger charge is 2.32. The second kappa shape index (κ2) is 6.75. The van der Waals surface area contributed by atoms with Gasteiger partial charge in [0.15, 0.2) is 0 Å². The van der Waals surface area contributed by atoms with Gasteiger partial charge in [0.2, 0.25) is 10.0 Å². The van der Waals surface area contributed by atoms with Crippen molar-refractivity contribution in [3.63, 3.8) is 0 Å². The van der Waals surface area contributed by atoms with E-state index < -0.39 is 10.0 Å². The quantitative estimate of drug-likeness (QED) is 0.867. The molecule has 1 heterocycles. The van der Waals surface area contributed by atoms with Gasteiger partial charge in [-0.15, -0.1) is 0 Å². The highest BCUT2D eigenvalue weighted by Crippen LogP contribution is 2.28. The zero-order valence-corrected chi connectivity index (χ0v) is 14.7. The highest BCUT2D eigenvalue weighted by atomic mass is 79.9. The van der Waals surface area contributed by atoms with Gasteiger partial charge in [-0.3, -0.25) is 0 Å². The first kappa shape index (κ1) is 16.9. The topological polar surface area (TPSA) is 60.9 Å². The van der Waals surface area contributed by atoms with E-state index in [1.165, 1.54) is 0 Å². The maximum Gasteiger partial charge on any atom is 0.244 e. The third-order valence-electron chi connectivity index (χ3n) is 4.01. The van der Waals surface area contributed by atoms with Gasteiger partial charge in [-0.2, -0.15) is 4.31 Å². The number of likely N-dealkylation sites (N-methyl/N-ethyl adjacent to an activating group) is 1. The van der Waals surface area contributed by atoms with E-state index in [1.807, 2.05) is 7.05 Å². The SMILES string of the molecule is CCC1CN(S(=O)(=O)c2ccc(CO)cc2Br)CCN1C. The second-order valence-electron chi connectivity index (χ2n) is 5.33. The van der Waals surface area contributed by atoms with Crippen molar-refractivity contribution in [1.29, 1.82) is 0 Å². The first-order valence-corrected chi connectivity index (χ1v) is 9.23. The molecule has 1 N–H and O–H groups in total. The lowest BCUT2D eigenvalue weighted by molar-refractivity contribution is 0.144.